The van der Waals surface area contributed by atoms with Gasteiger partial charge in [0.25, 0.3) is 5.91 Å². The molecule has 0 radical (unpaired) electrons. The molecule has 0 bridgehead atoms. The predicted octanol–water partition coefficient (Wildman–Crippen LogP) is 2.45. The van der Waals surface area contributed by atoms with Crippen LogP contribution in [-0.4, -0.2) is 56.4 Å². The van der Waals surface area contributed by atoms with Crippen LogP contribution in [0, 0.1) is 0 Å². The van der Waals surface area contributed by atoms with Crippen LogP contribution in [0.15, 0.2) is 17.6 Å². The molecule has 146 valence electrons. The molecule has 2 aliphatic rings. The Hall–Kier alpha value is -1.77. The third kappa shape index (κ3) is 3.41. The number of aliphatic hydroxyl groups is 1. The first kappa shape index (κ1) is 18.6. The summed E-state index contributed by atoms with van der Waals surface area (Å²) in [5.41, 5.74) is -0.0478. The first-order valence-electron chi connectivity index (χ1n) is 9.32. The Morgan fingerprint density at radius 1 is 1.37 bits per heavy atom. The second kappa shape index (κ2) is 6.39. The van der Waals surface area contributed by atoms with Crippen LogP contribution in [0.4, 0.5) is 0 Å². The Labute approximate surface area is 162 Å². The second-order valence-electron chi connectivity index (χ2n) is 8.73. The predicted molar refractivity (Wildman–Crippen MR) is 102 cm³/mol. The van der Waals surface area contributed by atoms with Crippen molar-refractivity contribution in [3.05, 3.63) is 34.0 Å². The molecule has 1 atom stereocenters. The number of rotatable bonds is 2. The first-order chi connectivity index (χ1) is 12.7. The van der Waals surface area contributed by atoms with E-state index in [1.807, 2.05) is 16.3 Å². The van der Waals surface area contributed by atoms with Crippen LogP contribution in [0.5, 0.6) is 0 Å². The van der Waals surface area contributed by atoms with Crippen LogP contribution in [0.3, 0.4) is 0 Å². The lowest BCUT2D eigenvalue weighted by atomic mass is 9.83. The number of aromatic nitrogens is 3. The Kier molecular flexibility index (Phi) is 4.40. The number of carbonyl (C=O) groups is 1. The molecule has 2 saturated heterocycles. The van der Waals surface area contributed by atoms with Gasteiger partial charge >= 0.3 is 0 Å². The Morgan fingerprint density at radius 3 is 2.70 bits per heavy atom. The van der Waals surface area contributed by atoms with Crippen LogP contribution in [0.2, 0.25) is 0 Å². The summed E-state index contributed by atoms with van der Waals surface area (Å²) < 4.78 is 6.06. The van der Waals surface area contributed by atoms with Crippen LogP contribution >= 0.6 is 11.3 Å². The number of amides is 1. The monoisotopic (exact) mass is 390 g/mol. The topological polar surface area (TPSA) is 91.3 Å². The van der Waals surface area contributed by atoms with Crippen molar-refractivity contribution >= 4 is 17.2 Å². The van der Waals surface area contributed by atoms with Gasteiger partial charge in [-0.3, -0.25) is 9.89 Å². The van der Waals surface area contributed by atoms with E-state index in [4.69, 9.17) is 4.74 Å². The second-order valence-corrected chi connectivity index (χ2v) is 9.62. The highest BCUT2D eigenvalue weighted by molar-refractivity contribution is 7.09. The summed E-state index contributed by atoms with van der Waals surface area (Å²) >= 11 is 1.46. The van der Waals surface area contributed by atoms with Crippen molar-refractivity contribution < 1.29 is 14.6 Å². The molecule has 1 amide bonds. The number of hydrogen-bond donors (Lipinski definition) is 2. The maximum Gasteiger partial charge on any atom is 0.274 e. The summed E-state index contributed by atoms with van der Waals surface area (Å²) in [5, 5.41) is 20.7. The fraction of sp³-hybridized carbons (Fsp3) is 0.632. The standard InChI is InChI=1S/C19H26N4O3S/c1-17(2,3)14-10-13(21-22-14)15(24)23-7-4-18(5-8-23)11-19(25,12-26-18)16-20-6-9-27-16/h6,9-10,25H,4-5,7-8,11-12H2,1-3H3,(H,21,22). The van der Waals surface area contributed by atoms with Crippen molar-refractivity contribution in [1.82, 2.24) is 20.1 Å². The molecule has 4 heterocycles. The molecular weight excluding hydrogens is 364 g/mol. The van der Waals surface area contributed by atoms with Crippen molar-refractivity contribution in [1.29, 1.82) is 0 Å². The van der Waals surface area contributed by atoms with Crippen LogP contribution in [-0.2, 0) is 15.8 Å². The zero-order valence-corrected chi connectivity index (χ0v) is 16.8. The Bertz CT molecular complexity index is 818. The van der Waals surface area contributed by atoms with E-state index in [1.165, 1.54) is 11.3 Å². The summed E-state index contributed by atoms with van der Waals surface area (Å²) in [5.74, 6) is -0.0511. The van der Waals surface area contributed by atoms with E-state index in [0.29, 0.717) is 43.1 Å². The molecule has 0 aliphatic carbocycles. The van der Waals surface area contributed by atoms with Gasteiger partial charge in [0, 0.05) is 42.2 Å². The van der Waals surface area contributed by atoms with Gasteiger partial charge < -0.3 is 14.7 Å². The Morgan fingerprint density at radius 2 is 2.11 bits per heavy atom. The molecule has 2 aromatic heterocycles. The van der Waals surface area contributed by atoms with Crippen molar-refractivity contribution in [3.8, 4) is 0 Å². The summed E-state index contributed by atoms with van der Waals surface area (Å²) in [6, 6.07) is 1.85. The number of likely N-dealkylation sites (tertiary alicyclic amines) is 1. The quantitative estimate of drug-likeness (QED) is 0.822. The van der Waals surface area contributed by atoms with Crippen LogP contribution in [0.25, 0.3) is 0 Å². The molecule has 0 saturated carbocycles. The average molecular weight is 391 g/mol. The number of H-pyrrole nitrogens is 1. The molecule has 2 N–H and O–H groups in total. The largest absolute Gasteiger partial charge is 0.380 e. The first-order valence-corrected chi connectivity index (χ1v) is 10.2. The van der Waals surface area contributed by atoms with Gasteiger partial charge in [-0.25, -0.2) is 4.98 Å². The lowest BCUT2D eigenvalue weighted by Gasteiger charge is -2.38. The van der Waals surface area contributed by atoms with E-state index in [-0.39, 0.29) is 23.5 Å². The zero-order chi connectivity index (χ0) is 19.3. The van der Waals surface area contributed by atoms with Crippen molar-refractivity contribution in [2.45, 2.75) is 56.7 Å². The summed E-state index contributed by atoms with van der Waals surface area (Å²) in [6.45, 7) is 7.72. The van der Waals surface area contributed by atoms with Gasteiger partial charge in [0.2, 0.25) is 0 Å². The van der Waals surface area contributed by atoms with Crippen molar-refractivity contribution in [2.24, 2.45) is 0 Å². The average Bonchev–Trinajstić information content (AvgIpc) is 3.35. The van der Waals surface area contributed by atoms with Gasteiger partial charge in [0.1, 0.15) is 16.3 Å². The SMILES string of the molecule is CC(C)(C)c1cc(C(=O)N2CCC3(CC2)CC(O)(c2nccs2)CO3)n[nH]1. The minimum absolute atomic E-state index is 0.0511. The van der Waals surface area contributed by atoms with Crippen LogP contribution < -0.4 is 0 Å². The van der Waals surface area contributed by atoms with Gasteiger partial charge in [-0.1, -0.05) is 20.8 Å². The van der Waals surface area contributed by atoms with Gasteiger partial charge in [-0.15, -0.1) is 11.3 Å². The zero-order valence-electron chi connectivity index (χ0n) is 16.0. The maximum absolute atomic E-state index is 12.8. The molecule has 2 aromatic rings. The number of piperidine rings is 1. The van der Waals surface area contributed by atoms with Crippen molar-refractivity contribution in [3.63, 3.8) is 0 Å². The number of ether oxygens (including phenoxy) is 1. The molecule has 4 rings (SSSR count). The molecule has 8 heteroatoms. The fourth-order valence-corrected chi connectivity index (χ4v) is 4.64. The van der Waals surface area contributed by atoms with E-state index in [1.54, 1.807) is 6.20 Å². The van der Waals surface area contributed by atoms with Gasteiger partial charge in [0.15, 0.2) is 0 Å². The highest BCUT2D eigenvalue weighted by Gasteiger charge is 2.52. The van der Waals surface area contributed by atoms with E-state index >= 15 is 0 Å². The summed E-state index contributed by atoms with van der Waals surface area (Å²) in [6.07, 6.45) is 3.66. The minimum Gasteiger partial charge on any atom is -0.380 e. The number of aromatic amines is 1. The molecule has 2 aliphatic heterocycles. The molecule has 2 fully saturated rings. The summed E-state index contributed by atoms with van der Waals surface area (Å²) in [7, 11) is 0. The highest BCUT2D eigenvalue weighted by atomic mass is 32.1. The normalized spacial score (nSPS) is 25.3. The molecule has 1 unspecified atom stereocenters. The molecule has 27 heavy (non-hydrogen) atoms. The number of carbonyl (C=O) groups excluding carboxylic acids is 1. The van der Waals surface area contributed by atoms with Gasteiger partial charge in [-0.05, 0) is 18.9 Å². The summed E-state index contributed by atoms with van der Waals surface area (Å²) in [4.78, 5) is 18.9. The minimum atomic E-state index is -1.01. The molecule has 1 spiro atoms. The van der Waals surface area contributed by atoms with E-state index in [9.17, 15) is 9.90 Å². The third-order valence-electron chi connectivity index (χ3n) is 5.63. The molecular formula is C19H26N4O3S. The van der Waals surface area contributed by atoms with E-state index < -0.39 is 5.60 Å². The molecule has 0 aromatic carbocycles. The maximum atomic E-state index is 12.8. The third-order valence-corrected chi connectivity index (χ3v) is 6.60. The lowest BCUT2D eigenvalue weighted by Crippen LogP contribution is -2.47. The number of nitrogens with zero attached hydrogens (tertiary/aromatic N) is 3. The van der Waals surface area contributed by atoms with E-state index in [0.717, 1.165) is 5.69 Å². The fourth-order valence-electron chi connectivity index (χ4n) is 3.91. The number of thiazole rings is 1. The van der Waals surface area contributed by atoms with Crippen molar-refractivity contribution in [2.75, 3.05) is 19.7 Å². The van der Waals surface area contributed by atoms with Gasteiger partial charge in [-0.2, -0.15) is 5.10 Å². The van der Waals surface area contributed by atoms with E-state index in [2.05, 4.69) is 36.0 Å². The highest BCUT2D eigenvalue weighted by Crippen LogP contribution is 2.45. The number of nitrogens with one attached hydrogen (secondary N) is 1. The smallest absolute Gasteiger partial charge is 0.274 e. The number of hydrogen-bond acceptors (Lipinski definition) is 6. The lowest BCUT2D eigenvalue weighted by molar-refractivity contribution is -0.0432. The van der Waals surface area contributed by atoms with Gasteiger partial charge in [0.05, 0.1) is 12.2 Å². The Balaban J connectivity index is 1.41. The van der Waals surface area contributed by atoms with Crippen LogP contribution in [0.1, 0.15) is 61.2 Å². The molecule has 7 nitrogen and oxygen atoms in total.